The maximum absolute atomic E-state index is 8.68. The molecule has 1 heterocycles. The fraction of sp³-hybridized carbons (Fsp3) is 0. The van der Waals surface area contributed by atoms with Crippen molar-refractivity contribution in [1.82, 2.24) is 4.98 Å². The molecule has 1 aromatic rings. The van der Waals surface area contributed by atoms with Crippen molar-refractivity contribution in [3.05, 3.63) is 23.5 Å². The molecular weight excluding hydrogens is 172 g/mol. The van der Waals surface area contributed by atoms with E-state index in [-0.39, 0.29) is 5.15 Å². The molecule has 0 saturated heterocycles. The summed E-state index contributed by atoms with van der Waals surface area (Å²) in [6.45, 7) is 0. The fourth-order valence-corrected chi connectivity index (χ4v) is 1.20. The van der Waals surface area contributed by atoms with Crippen molar-refractivity contribution in [2.45, 2.75) is 0 Å². The van der Waals surface area contributed by atoms with Crippen molar-refractivity contribution in [3.8, 4) is 0 Å². The van der Waals surface area contributed by atoms with Gasteiger partial charge in [-0.1, -0.05) is 11.6 Å². The molecule has 0 saturated carbocycles. The van der Waals surface area contributed by atoms with Gasteiger partial charge in [0.1, 0.15) is 5.15 Å². The van der Waals surface area contributed by atoms with Crippen LogP contribution in [-0.4, -0.2) is 14.8 Å². The molecular formula is C5H5ClNO2P. The lowest BCUT2D eigenvalue weighted by atomic mass is 10.5. The standard InChI is InChI=1S/C5H5ClNO2P/c6-5-3-4(10(8)9)1-2-7-5/h1-3,8-9H. The largest absolute Gasteiger partial charge is 0.347 e. The third kappa shape index (κ3) is 1.89. The van der Waals surface area contributed by atoms with Crippen molar-refractivity contribution in [2.24, 2.45) is 0 Å². The second kappa shape index (κ2) is 3.26. The highest BCUT2D eigenvalue weighted by molar-refractivity contribution is 7.54. The fourth-order valence-electron chi connectivity index (χ4n) is 0.517. The molecule has 1 aromatic heterocycles. The first-order valence-electron chi connectivity index (χ1n) is 2.49. The summed E-state index contributed by atoms with van der Waals surface area (Å²) in [6.07, 6.45) is 1.43. The molecule has 0 aromatic carbocycles. The number of hydrogen-bond donors (Lipinski definition) is 2. The Morgan fingerprint density at radius 3 is 2.60 bits per heavy atom. The molecule has 54 valence electrons. The molecule has 3 nitrogen and oxygen atoms in total. The first-order valence-corrected chi connectivity index (χ1v) is 4.12. The van der Waals surface area contributed by atoms with Crippen LogP contribution >= 0.6 is 20.0 Å². The minimum absolute atomic E-state index is 0.271. The van der Waals surface area contributed by atoms with Crippen LogP contribution in [0.5, 0.6) is 0 Å². The highest BCUT2D eigenvalue weighted by Gasteiger charge is 2.02. The molecule has 0 spiro atoms. The van der Waals surface area contributed by atoms with Crippen molar-refractivity contribution < 1.29 is 9.79 Å². The summed E-state index contributed by atoms with van der Waals surface area (Å²) >= 11 is 5.47. The molecule has 0 aliphatic rings. The Balaban J connectivity index is 2.96. The monoisotopic (exact) mass is 177 g/mol. The Kier molecular flexibility index (Phi) is 2.57. The molecule has 0 bridgehead atoms. The zero-order valence-corrected chi connectivity index (χ0v) is 6.55. The molecule has 0 fully saturated rings. The van der Waals surface area contributed by atoms with Gasteiger partial charge in [-0.3, -0.25) is 0 Å². The molecule has 2 N–H and O–H groups in total. The second-order valence-electron chi connectivity index (χ2n) is 1.63. The lowest BCUT2D eigenvalue weighted by Crippen LogP contribution is -1.98. The average Bonchev–Trinajstić information content (AvgIpc) is 1.88. The van der Waals surface area contributed by atoms with E-state index >= 15 is 0 Å². The Morgan fingerprint density at radius 1 is 1.50 bits per heavy atom. The van der Waals surface area contributed by atoms with Gasteiger partial charge >= 0.3 is 0 Å². The summed E-state index contributed by atoms with van der Waals surface area (Å²) in [7, 11) is -2.04. The predicted octanol–water partition coefficient (Wildman–Crippen LogP) is 0.657. The Hall–Kier alpha value is -0.210. The van der Waals surface area contributed by atoms with Gasteiger partial charge in [-0.25, -0.2) is 4.98 Å². The molecule has 0 unspecified atom stereocenters. The lowest BCUT2D eigenvalue weighted by Gasteiger charge is -1.99. The van der Waals surface area contributed by atoms with Crippen LogP contribution in [0, 0.1) is 0 Å². The third-order valence-electron chi connectivity index (χ3n) is 0.941. The molecule has 1 rings (SSSR count). The number of aromatic nitrogens is 1. The van der Waals surface area contributed by atoms with E-state index in [4.69, 9.17) is 21.4 Å². The Morgan fingerprint density at radius 2 is 2.20 bits per heavy atom. The first-order chi connectivity index (χ1) is 4.70. The quantitative estimate of drug-likeness (QED) is 0.489. The van der Waals surface area contributed by atoms with Gasteiger partial charge in [0, 0.05) is 11.5 Å². The average molecular weight is 178 g/mol. The zero-order chi connectivity index (χ0) is 7.56. The van der Waals surface area contributed by atoms with Crippen molar-refractivity contribution in [2.75, 3.05) is 0 Å². The van der Waals surface area contributed by atoms with Crippen molar-refractivity contribution in [1.29, 1.82) is 0 Å². The van der Waals surface area contributed by atoms with E-state index in [1.54, 1.807) is 0 Å². The molecule has 10 heavy (non-hydrogen) atoms. The molecule has 0 aliphatic heterocycles. The smallest absolute Gasteiger partial charge is 0.199 e. The summed E-state index contributed by atoms with van der Waals surface area (Å²) in [5, 5.41) is 0.683. The van der Waals surface area contributed by atoms with E-state index in [0.29, 0.717) is 5.30 Å². The van der Waals surface area contributed by atoms with Crippen LogP contribution in [0.1, 0.15) is 0 Å². The summed E-state index contributed by atoms with van der Waals surface area (Å²) in [6, 6.07) is 2.94. The highest BCUT2D eigenvalue weighted by Crippen LogP contribution is 2.22. The lowest BCUT2D eigenvalue weighted by molar-refractivity contribution is 0.497. The highest BCUT2D eigenvalue weighted by atomic mass is 35.5. The summed E-state index contributed by atoms with van der Waals surface area (Å²) in [5.41, 5.74) is 0. The molecule has 0 atom stereocenters. The van der Waals surface area contributed by atoms with E-state index in [2.05, 4.69) is 4.98 Å². The van der Waals surface area contributed by atoms with E-state index in [1.165, 1.54) is 18.3 Å². The van der Waals surface area contributed by atoms with Gasteiger partial charge in [0.2, 0.25) is 0 Å². The van der Waals surface area contributed by atoms with Crippen LogP contribution in [0.2, 0.25) is 5.15 Å². The van der Waals surface area contributed by atoms with E-state index in [0.717, 1.165) is 0 Å². The van der Waals surface area contributed by atoms with Gasteiger partial charge in [0.25, 0.3) is 0 Å². The normalized spacial score (nSPS) is 10.4. The van der Waals surface area contributed by atoms with Gasteiger partial charge in [0.15, 0.2) is 8.38 Å². The molecule has 0 amide bonds. The van der Waals surface area contributed by atoms with Crippen LogP contribution in [-0.2, 0) is 0 Å². The zero-order valence-electron chi connectivity index (χ0n) is 4.90. The van der Waals surface area contributed by atoms with E-state index in [1.807, 2.05) is 0 Å². The number of nitrogens with zero attached hydrogens (tertiary/aromatic N) is 1. The molecule has 0 radical (unpaired) electrons. The van der Waals surface area contributed by atoms with Crippen LogP contribution in [0.4, 0.5) is 0 Å². The van der Waals surface area contributed by atoms with Crippen molar-refractivity contribution >= 4 is 25.3 Å². The molecule has 5 heteroatoms. The number of halogens is 1. The van der Waals surface area contributed by atoms with Crippen LogP contribution < -0.4 is 5.30 Å². The Labute approximate surface area is 64.2 Å². The van der Waals surface area contributed by atoms with Gasteiger partial charge < -0.3 is 9.79 Å². The van der Waals surface area contributed by atoms with Gasteiger partial charge in [0.05, 0.1) is 0 Å². The van der Waals surface area contributed by atoms with Gasteiger partial charge in [-0.2, -0.15) is 0 Å². The SMILES string of the molecule is OP(O)c1ccnc(Cl)c1. The minimum atomic E-state index is -2.04. The summed E-state index contributed by atoms with van der Waals surface area (Å²) < 4.78 is 0. The van der Waals surface area contributed by atoms with Crippen molar-refractivity contribution in [3.63, 3.8) is 0 Å². The van der Waals surface area contributed by atoms with E-state index in [9.17, 15) is 0 Å². The third-order valence-corrected chi connectivity index (χ3v) is 1.89. The summed E-state index contributed by atoms with van der Waals surface area (Å²) in [5.74, 6) is 0. The van der Waals surface area contributed by atoms with Gasteiger partial charge in [-0.15, -0.1) is 0 Å². The number of hydrogen-bond acceptors (Lipinski definition) is 3. The number of rotatable bonds is 1. The van der Waals surface area contributed by atoms with Gasteiger partial charge in [-0.05, 0) is 12.1 Å². The minimum Gasteiger partial charge on any atom is -0.347 e. The van der Waals surface area contributed by atoms with Crippen LogP contribution in [0.15, 0.2) is 18.3 Å². The Bertz CT molecular complexity index is 231. The van der Waals surface area contributed by atoms with Crippen LogP contribution in [0.3, 0.4) is 0 Å². The maximum atomic E-state index is 8.68. The summed E-state index contributed by atoms with van der Waals surface area (Å²) in [4.78, 5) is 21.0. The maximum Gasteiger partial charge on any atom is 0.199 e. The first kappa shape index (κ1) is 7.89. The molecule has 0 aliphatic carbocycles. The second-order valence-corrected chi connectivity index (χ2v) is 3.11. The topological polar surface area (TPSA) is 53.4 Å². The van der Waals surface area contributed by atoms with Crippen LogP contribution in [0.25, 0.3) is 0 Å². The predicted molar refractivity (Wildman–Crippen MR) is 40.2 cm³/mol. The van der Waals surface area contributed by atoms with E-state index < -0.39 is 8.38 Å². The number of pyridine rings is 1.